The second-order valence-corrected chi connectivity index (χ2v) is 2.57. The molecule has 0 bridgehead atoms. The molecule has 0 saturated heterocycles. The maximum absolute atomic E-state index is 13.4. The molecule has 0 saturated carbocycles. The first-order chi connectivity index (χ1) is 5.58. The summed E-state index contributed by atoms with van der Waals surface area (Å²) in [5.74, 6) is -1.08. The molecule has 0 aromatic rings. The van der Waals surface area contributed by atoms with Crippen molar-refractivity contribution >= 4 is 11.6 Å². The number of rotatable bonds is 1. The van der Waals surface area contributed by atoms with Crippen molar-refractivity contribution in [3.8, 4) is 0 Å². The standard InChI is InChI=1S/C9H8FO2/c1-2-4-9(10)5-3-7(11)6-8(9)12/h2-5H,1,6H2. The topological polar surface area (TPSA) is 34.1 Å². The van der Waals surface area contributed by atoms with Gasteiger partial charge in [-0.05, 0) is 25.2 Å². The lowest BCUT2D eigenvalue weighted by Crippen LogP contribution is -2.34. The van der Waals surface area contributed by atoms with Crippen LogP contribution in [0.5, 0.6) is 0 Å². The first-order valence-electron chi connectivity index (χ1n) is 3.50. The van der Waals surface area contributed by atoms with Crippen molar-refractivity contribution in [2.75, 3.05) is 0 Å². The van der Waals surface area contributed by atoms with Crippen LogP contribution in [0.4, 0.5) is 4.39 Å². The maximum Gasteiger partial charge on any atom is 0.206 e. The average Bonchev–Trinajstić information content (AvgIpc) is 1.99. The van der Waals surface area contributed by atoms with Crippen LogP contribution in [0.2, 0.25) is 0 Å². The van der Waals surface area contributed by atoms with Gasteiger partial charge >= 0.3 is 0 Å². The molecule has 0 spiro atoms. The van der Waals surface area contributed by atoms with Crippen molar-refractivity contribution in [2.24, 2.45) is 0 Å². The van der Waals surface area contributed by atoms with Crippen LogP contribution in [0.15, 0.2) is 24.3 Å². The van der Waals surface area contributed by atoms with E-state index in [2.05, 4.69) is 6.92 Å². The Bertz CT molecular complexity index is 278. The van der Waals surface area contributed by atoms with Crippen LogP contribution in [-0.4, -0.2) is 17.2 Å². The minimum absolute atomic E-state index is 0.356. The third kappa shape index (κ3) is 1.49. The highest BCUT2D eigenvalue weighted by Gasteiger charge is 2.36. The summed E-state index contributed by atoms with van der Waals surface area (Å²) in [5, 5.41) is 0. The molecular formula is C9H8FO2. The Hall–Kier alpha value is -1.25. The van der Waals surface area contributed by atoms with E-state index in [4.69, 9.17) is 0 Å². The molecule has 0 aromatic carbocycles. The van der Waals surface area contributed by atoms with Crippen molar-refractivity contribution in [1.29, 1.82) is 0 Å². The molecule has 1 aliphatic carbocycles. The van der Waals surface area contributed by atoms with Gasteiger partial charge in [-0.25, -0.2) is 4.39 Å². The predicted octanol–water partition coefficient (Wildman–Crippen LogP) is 1.18. The maximum atomic E-state index is 13.4. The number of halogens is 1. The number of alkyl halides is 1. The van der Waals surface area contributed by atoms with E-state index in [0.717, 1.165) is 18.2 Å². The Morgan fingerprint density at radius 3 is 2.75 bits per heavy atom. The van der Waals surface area contributed by atoms with Gasteiger partial charge in [0.05, 0.1) is 6.42 Å². The molecule has 1 unspecified atom stereocenters. The molecule has 0 aliphatic heterocycles. The summed E-state index contributed by atoms with van der Waals surface area (Å²) in [4.78, 5) is 21.6. The van der Waals surface area contributed by atoms with Gasteiger partial charge in [-0.2, -0.15) is 0 Å². The molecule has 1 atom stereocenters. The fraction of sp³-hybridized carbons (Fsp3) is 0.222. The van der Waals surface area contributed by atoms with Crippen molar-refractivity contribution in [3.05, 3.63) is 31.2 Å². The van der Waals surface area contributed by atoms with Gasteiger partial charge in [-0.3, -0.25) is 9.59 Å². The molecule has 1 radical (unpaired) electrons. The van der Waals surface area contributed by atoms with Crippen LogP contribution in [0, 0.1) is 6.92 Å². The van der Waals surface area contributed by atoms with Crippen LogP contribution >= 0.6 is 0 Å². The highest BCUT2D eigenvalue weighted by molar-refractivity contribution is 6.12. The Morgan fingerprint density at radius 1 is 1.58 bits per heavy atom. The molecule has 0 amide bonds. The lowest BCUT2D eigenvalue weighted by Gasteiger charge is -2.18. The number of hydrogen-bond acceptors (Lipinski definition) is 2. The lowest BCUT2D eigenvalue weighted by atomic mass is 9.90. The quantitative estimate of drug-likeness (QED) is 0.549. The number of carbonyl (C=O) groups excluding carboxylic acids is 2. The van der Waals surface area contributed by atoms with E-state index in [1.54, 1.807) is 0 Å². The van der Waals surface area contributed by atoms with Gasteiger partial charge in [0.2, 0.25) is 5.67 Å². The van der Waals surface area contributed by atoms with Gasteiger partial charge in [-0.1, -0.05) is 6.08 Å². The SMILES string of the molecule is [CH2]C=CC1(F)C=CC(=O)CC1=O. The third-order valence-corrected chi connectivity index (χ3v) is 1.63. The Balaban J connectivity index is 2.99. The molecule has 12 heavy (non-hydrogen) atoms. The Labute approximate surface area is 69.8 Å². The van der Waals surface area contributed by atoms with E-state index in [0.29, 0.717) is 0 Å². The number of carbonyl (C=O) groups is 2. The molecular weight excluding hydrogens is 159 g/mol. The van der Waals surface area contributed by atoms with E-state index in [1.807, 2.05) is 0 Å². The lowest BCUT2D eigenvalue weighted by molar-refractivity contribution is -0.130. The number of Topliss-reactive ketones (excluding diaryl/α,β-unsaturated/α-hetero) is 1. The van der Waals surface area contributed by atoms with Crippen molar-refractivity contribution in [1.82, 2.24) is 0 Å². The fourth-order valence-electron chi connectivity index (χ4n) is 0.980. The highest BCUT2D eigenvalue weighted by atomic mass is 19.1. The molecule has 63 valence electrons. The number of allylic oxidation sites excluding steroid dienone is 4. The summed E-state index contributed by atoms with van der Waals surface area (Å²) < 4.78 is 13.4. The average molecular weight is 167 g/mol. The summed E-state index contributed by atoms with van der Waals surface area (Å²) in [6.07, 6.45) is 3.93. The summed E-state index contributed by atoms with van der Waals surface area (Å²) >= 11 is 0. The Kier molecular flexibility index (Phi) is 2.22. The molecule has 0 aromatic heterocycles. The zero-order chi connectivity index (χ0) is 9.19. The molecule has 2 nitrogen and oxygen atoms in total. The summed E-state index contributed by atoms with van der Waals surface area (Å²) in [5.41, 5.74) is -2.12. The Morgan fingerprint density at radius 2 is 2.25 bits per heavy atom. The van der Waals surface area contributed by atoms with Crippen molar-refractivity contribution in [2.45, 2.75) is 12.1 Å². The largest absolute Gasteiger partial charge is 0.295 e. The molecule has 0 N–H and O–H groups in total. The van der Waals surface area contributed by atoms with Gasteiger partial charge in [0.1, 0.15) is 0 Å². The molecule has 0 fully saturated rings. The van der Waals surface area contributed by atoms with Crippen molar-refractivity contribution in [3.63, 3.8) is 0 Å². The van der Waals surface area contributed by atoms with E-state index < -0.39 is 11.5 Å². The summed E-state index contributed by atoms with van der Waals surface area (Å²) in [6, 6.07) is 0. The smallest absolute Gasteiger partial charge is 0.206 e. The van der Waals surface area contributed by atoms with Gasteiger partial charge < -0.3 is 0 Å². The molecule has 1 aliphatic rings. The zero-order valence-corrected chi connectivity index (χ0v) is 6.42. The van der Waals surface area contributed by atoms with Gasteiger partial charge in [-0.15, -0.1) is 0 Å². The van der Waals surface area contributed by atoms with Gasteiger partial charge in [0.25, 0.3) is 0 Å². The summed E-state index contributed by atoms with van der Waals surface area (Å²) in [6.45, 7) is 3.29. The van der Waals surface area contributed by atoms with E-state index in [9.17, 15) is 14.0 Å². The predicted molar refractivity (Wildman–Crippen MR) is 42.1 cm³/mol. The van der Waals surface area contributed by atoms with Crippen LogP contribution in [0.1, 0.15) is 6.42 Å². The minimum atomic E-state index is -2.12. The first kappa shape index (κ1) is 8.84. The van der Waals surface area contributed by atoms with Crippen LogP contribution in [0.3, 0.4) is 0 Å². The monoisotopic (exact) mass is 167 g/mol. The second kappa shape index (κ2) is 3.01. The zero-order valence-electron chi connectivity index (χ0n) is 6.42. The molecule has 3 heteroatoms. The van der Waals surface area contributed by atoms with E-state index in [-0.39, 0.29) is 12.2 Å². The normalized spacial score (nSPS) is 30.2. The van der Waals surface area contributed by atoms with Gasteiger partial charge in [0, 0.05) is 0 Å². The van der Waals surface area contributed by atoms with Crippen LogP contribution in [0.25, 0.3) is 0 Å². The summed E-state index contributed by atoms with van der Waals surface area (Å²) in [7, 11) is 0. The molecule has 0 heterocycles. The van der Waals surface area contributed by atoms with E-state index >= 15 is 0 Å². The van der Waals surface area contributed by atoms with E-state index in [1.165, 1.54) is 6.08 Å². The second-order valence-electron chi connectivity index (χ2n) is 2.57. The number of ketones is 2. The first-order valence-corrected chi connectivity index (χ1v) is 3.50. The minimum Gasteiger partial charge on any atom is -0.295 e. The van der Waals surface area contributed by atoms with Crippen LogP contribution in [-0.2, 0) is 9.59 Å². The van der Waals surface area contributed by atoms with Crippen molar-refractivity contribution < 1.29 is 14.0 Å². The highest BCUT2D eigenvalue weighted by Crippen LogP contribution is 2.22. The fourth-order valence-corrected chi connectivity index (χ4v) is 0.980. The van der Waals surface area contributed by atoms with Gasteiger partial charge in [0.15, 0.2) is 11.6 Å². The van der Waals surface area contributed by atoms with Crippen LogP contribution < -0.4 is 0 Å². The number of hydrogen-bond donors (Lipinski definition) is 0. The third-order valence-electron chi connectivity index (χ3n) is 1.63. The molecule has 1 rings (SSSR count).